The minimum Gasteiger partial charge on any atom is -0.504 e. The molecule has 306 valence electrons. The number of methoxy groups -OCH3 is 2. The zero-order valence-electron chi connectivity index (χ0n) is 30.1. The Hall–Kier alpha value is -3.67. The van der Waals surface area contributed by atoms with Crippen molar-refractivity contribution >= 4 is 12.0 Å². The molecule has 2 aromatic carbocycles. The molecule has 5 rings (SSSR count). The summed E-state index contributed by atoms with van der Waals surface area (Å²) in [5, 5.41) is 94.1. The van der Waals surface area contributed by atoms with Crippen LogP contribution in [0.5, 0.6) is 23.0 Å². The first-order valence-electron chi connectivity index (χ1n) is 17.4. The van der Waals surface area contributed by atoms with Crippen LogP contribution in [0.2, 0.25) is 0 Å². The van der Waals surface area contributed by atoms with E-state index >= 15 is 0 Å². The highest BCUT2D eigenvalue weighted by Crippen LogP contribution is 2.34. The van der Waals surface area contributed by atoms with E-state index in [9.17, 15) is 50.8 Å². The molecule has 0 spiro atoms. The van der Waals surface area contributed by atoms with Crippen molar-refractivity contribution in [2.24, 2.45) is 0 Å². The van der Waals surface area contributed by atoms with Crippen LogP contribution in [-0.4, -0.2) is 172 Å². The number of aromatic hydroxyl groups is 2. The zero-order chi connectivity index (χ0) is 40.0. The fourth-order valence-electron chi connectivity index (χ4n) is 6.17. The van der Waals surface area contributed by atoms with Gasteiger partial charge in [-0.25, -0.2) is 4.79 Å². The van der Waals surface area contributed by atoms with Gasteiger partial charge < -0.3 is 88.6 Å². The molecule has 0 aliphatic carbocycles. The van der Waals surface area contributed by atoms with Crippen molar-refractivity contribution in [2.75, 3.05) is 34.0 Å². The average Bonchev–Trinajstić information content (AvgIpc) is 3.17. The third kappa shape index (κ3) is 10.2. The van der Waals surface area contributed by atoms with Gasteiger partial charge in [0.25, 0.3) is 0 Å². The van der Waals surface area contributed by atoms with Gasteiger partial charge in [0, 0.05) is 6.08 Å². The van der Waals surface area contributed by atoms with Crippen LogP contribution in [0.1, 0.15) is 18.1 Å². The Morgan fingerprint density at radius 3 is 2.13 bits per heavy atom. The smallest absolute Gasteiger partial charge is 0.330 e. The Morgan fingerprint density at radius 2 is 1.42 bits per heavy atom. The maximum atomic E-state index is 12.9. The van der Waals surface area contributed by atoms with E-state index in [4.69, 9.17) is 42.6 Å². The maximum absolute atomic E-state index is 12.9. The van der Waals surface area contributed by atoms with Gasteiger partial charge in [0.2, 0.25) is 0 Å². The molecular weight excluding hydrogens is 736 g/mol. The van der Waals surface area contributed by atoms with Crippen molar-refractivity contribution < 1.29 is 93.4 Å². The van der Waals surface area contributed by atoms with E-state index in [0.29, 0.717) is 11.1 Å². The zero-order valence-corrected chi connectivity index (χ0v) is 30.1. The summed E-state index contributed by atoms with van der Waals surface area (Å²) in [5.41, 5.74) is 1.16. The molecule has 19 nitrogen and oxygen atoms in total. The van der Waals surface area contributed by atoms with E-state index < -0.39 is 105 Å². The number of rotatable bonds is 14. The topological polar surface area (TPSA) is 282 Å². The second-order valence-corrected chi connectivity index (χ2v) is 13.2. The van der Waals surface area contributed by atoms with Crippen LogP contribution in [-0.2, 0) is 44.4 Å². The molecule has 0 radical (unpaired) electrons. The Balaban J connectivity index is 1.41. The first-order chi connectivity index (χ1) is 26.2. The molecule has 0 saturated carbocycles. The van der Waals surface area contributed by atoms with Gasteiger partial charge in [-0.05, 0) is 54.8 Å². The van der Waals surface area contributed by atoms with Gasteiger partial charge in [-0.1, -0.05) is 12.1 Å². The lowest BCUT2D eigenvalue weighted by molar-refractivity contribution is -0.380. The van der Waals surface area contributed by atoms with Crippen molar-refractivity contribution in [3.63, 3.8) is 0 Å². The van der Waals surface area contributed by atoms with Crippen LogP contribution in [0.3, 0.4) is 0 Å². The summed E-state index contributed by atoms with van der Waals surface area (Å²) < 4.78 is 50.9. The predicted octanol–water partition coefficient (Wildman–Crippen LogP) is -1.95. The maximum Gasteiger partial charge on any atom is 0.330 e. The number of aliphatic hydroxyl groups is 7. The van der Waals surface area contributed by atoms with E-state index in [-0.39, 0.29) is 36.0 Å². The molecule has 3 aliphatic rings. The Kier molecular flexibility index (Phi) is 14.7. The number of carbonyl (C=O) groups excluding carboxylic acids is 1. The van der Waals surface area contributed by atoms with Gasteiger partial charge in [-0.15, -0.1) is 0 Å². The Morgan fingerprint density at radius 1 is 0.764 bits per heavy atom. The molecule has 3 saturated heterocycles. The molecule has 3 heterocycles. The summed E-state index contributed by atoms with van der Waals surface area (Å²) in [7, 11) is 2.75. The lowest BCUT2D eigenvalue weighted by Gasteiger charge is -2.48. The van der Waals surface area contributed by atoms with Gasteiger partial charge in [0.05, 0.1) is 33.5 Å². The molecule has 55 heavy (non-hydrogen) atoms. The second-order valence-electron chi connectivity index (χ2n) is 13.2. The molecule has 2 aromatic rings. The van der Waals surface area contributed by atoms with E-state index in [1.807, 2.05) is 0 Å². The number of carbonyl (C=O) groups is 1. The SMILES string of the molecule is COc1cc(C=CC(=O)OC[C@H]2O[C@@H](OCCc3ccc(O)c(OC)c3)[C@H](O)[C@@H](O[C@@H]3O[C@@H](C)[C@H](O)[C@@H](O)[C@H]3O)[C@@H]2O[C@@H]2OC[C@H](O)[C@H](O)[C@H]2O)ccc1O. The monoisotopic (exact) mass is 784 g/mol. The normalized spacial score (nSPS) is 35.4. The van der Waals surface area contributed by atoms with Crippen molar-refractivity contribution in [2.45, 2.75) is 99.4 Å². The standard InChI is InChI=1S/C36H48O19/c1-16-26(41)28(43)30(45)36(52-16)55-33-31(46)35(49-11-10-18-5-8-20(38)23(13-18)48-3)53-24(32(33)54-34-29(44)27(42)21(39)14-51-34)15-50-25(40)9-6-17-4-7-19(37)22(12-17)47-2/h4-9,12-13,16,21,24,26-39,41-46H,10-11,14-15H2,1-3H3/t16-,21-,24+,26-,27-,28+,29+,30+,31+,32+,33+,34-,35+,36-/m0/s1. The first kappa shape index (κ1) is 42.5. The highest BCUT2D eigenvalue weighted by Gasteiger charge is 2.53. The highest BCUT2D eigenvalue weighted by molar-refractivity contribution is 5.87. The molecule has 14 atom stereocenters. The summed E-state index contributed by atoms with van der Waals surface area (Å²) in [6.45, 7) is 0.265. The van der Waals surface area contributed by atoms with Crippen LogP contribution in [0, 0.1) is 0 Å². The average molecular weight is 785 g/mol. The number of hydrogen-bond donors (Lipinski definition) is 9. The summed E-state index contributed by atoms with van der Waals surface area (Å²) in [6.07, 6.45) is -19.6. The minimum atomic E-state index is -1.83. The van der Waals surface area contributed by atoms with Gasteiger partial charge in [-0.2, -0.15) is 0 Å². The molecule has 0 aromatic heterocycles. The van der Waals surface area contributed by atoms with E-state index in [2.05, 4.69) is 0 Å². The number of hydrogen-bond acceptors (Lipinski definition) is 19. The van der Waals surface area contributed by atoms with Crippen LogP contribution >= 0.6 is 0 Å². The Labute approximate surface area is 315 Å². The van der Waals surface area contributed by atoms with Crippen LogP contribution in [0.15, 0.2) is 42.5 Å². The number of phenols is 2. The first-order valence-corrected chi connectivity index (χ1v) is 17.4. The fraction of sp³-hybridized carbons (Fsp3) is 0.583. The van der Waals surface area contributed by atoms with Gasteiger partial charge in [0.1, 0.15) is 67.6 Å². The molecule has 3 fully saturated rings. The molecule has 0 unspecified atom stereocenters. The lowest BCUT2D eigenvalue weighted by atomic mass is 9.96. The molecule has 0 amide bonds. The third-order valence-corrected chi connectivity index (χ3v) is 9.38. The number of aliphatic hydroxyl groups excluding tert-OH is 7. The fourth-order valence-corrected chi connectivity index (χ4v) is 6.17. The van der Waals surface area contributed by atoms with E-state index in [1.54, 1.807) is 12.1 Å². The molecular formula is C36H48O19. The lowest BCUT2D eigenvalue weighted by Crippen LogP contribution is -2.66. The predicted molar refractivity (Wildman–Crippen MR) is 183 cm³/mol. The summed E-state index contributed by atoms with van der Waals surface area (Å²) in [6, 6.07) is 9.02. The Bertz CT molecular complexity index is 1590. The van der Waals surface area contributed by atoms with Crippen molar-refractivity contribution in [1.29, 1.82) is 0 Å². The van der Waals surface area contributed by atoms with Crippen molar-refractivity contribution in [3.8, 4) is 23.0 Å². The van der Waals surface area contributed by atoms with Gasteiger partial charge in [0.15, 0.2) is 41.9 Å². The quantitative estimate of drug-likeness (QED) is 0.0744. The van der Waals surface area contributed by atoms with Crippen LogP contribution < -0.4 is 9.47 Å². The number of benzene rings is 2. The third-order valence-electron chi connectivity index (χ3n) is 9.38. The molecule has 0 bridgehead atoms. The van der Waals surface area contributed by atoms with Crippen LogP contribution in [0.25, 0.3) is 6.08 Å². The van der Waals surface area contributed by atoms with Crippen molar-refractivity contribution in [1.82, 2.24) is 0 Å². The van der Waals surface area contributed by atoms with Crippen molar-refractivity contribution in [3.05, 3.63) is 53.6 Å². The number of esters is 1. The molecule has 19 heteroatoms. The van der Waals surface area contributed by atoms with Crippen LogP contribution in [0.4, 0.5) is 0 Å². The summed E-state index contributed by atoms with van der Waals surface area (Å²) in [4.78, 5) is 12.9. The van der Waals surface area contributed by atoms with E-state index in [1.165, 1.54) is 51.5 Å². The largest absolute Gasteiger partial charge is 0.504 e. The number of phenolic OH excluding ortho intramolecular Hbond substituents is 2. The summed E-state index contributed by atoms with van der Waals surface area (Å²) in [5.74, 6) is -0.674. The van der Waals surface area contributed by atoms with E-state index in [0.717, 1.165) is 6.08 Å². The number of ether oxygens (including phenoxy) is 9. The van der Waals surface area contributed by atoms with Gasteiger partial charge >= 0.3 is 5.97 Å². The second kappa shape index (κ2) is 19.0. The molecule has 3 aliphatic heterocycles. The molecule has 9 N–H and O–H groups in total. The van der Waals surface area contributed by atoms with Gasteiger partial charge in [-0.3, -0.25) is 0 Å². The minimum absolute atomic E-state index is 0.0765. The summed E-state index contributed by atoms with van der Waals surface area (Å²) >= 11 is 0. The highest BCUT2D eigenvalue weighted by atomic mass is 16.8.